The Kier molecular flexibility index (Phi) is 4.63. The molecular formula is C12H15N3O5S2. The summed E-state index contributed by atoms with van der Waals surface area (Å²) in [5.41, 5.74) is 1.07. The fourth-order valence-corrected chi connectivity index (χ4v) is 4.42. The molecular weight excluding hydrogens is 330 g/mol. The zero-order chi connectivity index (χ0) is 16.5. The molecule has 0 aliphatic rings. The van der Waals surface area contributed by atoms with Crippen LogP contribution < -0.4 is 4.72 Å². The summed E-state index contributed by atoms with van der Waals surface area (Å²) in [7, 11) is -3.94. The van der Waals surface area contributed by atoms with Crippen molar-refractivity contribution in [2.75, 3.05) is 6.54 Å². The van der Waals surface area contributed by atoms with Gasteiger partial charge in [-0.3, -0.25) is 0 Å². The van der Waals surface area contributed by atoms with Gasteiger partial charge in [0.25, 0.3) is 0 Å². The SMILES string of the molecule is Cc1noc(C)c1C(C)CNS(=O)(=O)c1csnc1C(=O)O. The molecule has 0 spiro atoms. The van der Waals surface area contributed by atoms with Crippen LogP contribution >= 0.6 is 11.5 Å². The van der Waals surface area contributed by atoms with Gasteiger partial charge in [-0.05, 0) is 31.3 Å². The molecule has 0 aliphatic heterocycles. The second-order valence-corrected chi connectivity index (χ2v) is 7.19. The van der Waals surface area contributed by atoms with Crippen molar-refractivity contribution < 1.29 is 22.8 Å². The highest BCUT2D eigenvalue weighted by Gasteiger charge is 2.26. The van der Waals surface area contributed by atoms with Crippen LogP contribution in [0, 0.1) is 13.8 Å². The van der Waals surface area contributed by atoms with E-state index in [0.29, 0.717) is 11.5 Å². The summed E-state index contributed by atoms with van der Waals surface area (Å²) in [6.07, 6.45) is 0. The Bertz CT molecular complexity index is 774. The van der Waals surface area contributed by atoms with Crippen LogP contribution in [-0.4, -0.2) is 35.6 Å². The smallest absolute Gasteiger partial charge is 0.357 e. The van der Waals surface area contributed by atoms with Gasteiger partial charge in [0.2, 0.25) is 10.0 Å². The Balaban J connectivity index is 2.17. The highest BCUT2D eigenvalue weighted by Crippen LogP contribution is 2.23. The lowest BCUT2D eigenvalue weighted by Crippen LogP contribution is -2.29. The van der Waals surface area contributed by atoms with E-state index in [9.17, 15) is 13.2 Å². The molecule has 1 unspecified atom stereocenters. The van der Waals surface area contributed by atoms with Crippen LogP contribution in [0.5, 0.6) is 0 Å². The van der Waals surface area contributed by atoms with Crippen molar-refractivity contribution in [2.24, 2.45) is 0 Å². The summed E-state index contributed by atoms with van der Waals surface area (Å²) in [6, 6.07) is 0. The van der Waals surface area contributed by atoms with Crippen LogP contribution in [0.15, 0.2) is 14.8 Å². The van der Waals surface area contributed by atoms with Crippen molar-refractivity contribution >= 4 is 27.5 Å². The highest BCUT2D eigenvalue weighted by atomic mass is 32.2. The zero-order valence-corrected chi connectivity index (χ0v) is 13.8. The van der Waals surface area contributed by atoms with Gasteiger partial charge in [-0.25, -0.2) is 17.9 Å². The van der Waals surface area contributed by atoms with Crippen LogP contribution in [0.2, 0.25) is 0 Å². The molecule has 8 nitrogen and oxygen atoms in total. The topological polar surface area (TPSA) is 122 Å². The number of carbonyl (C=O) groups is 1. The number of nitrogens with one attached hydrogen (secondary N) is 1. The predicted octanol–water partition coefficient (Wildman–Crippen LogP) is 1.53. The van der Waals surface area contributed by atoms with E-state index in [-0.39, 0.29) is 17.4 Å². The Hall–Kier alpha value is -1.78. The van der Waals surface area contributed by atoms with Crippen molar-refractivity contribution in [3.63, 3.8) is 0 Å². The third-order valence-electron chi connectivity index (χ3n) is 3.19. The van der Waals surface area contributed by atoms with E-state index in [1.807, 2.05) is 6.92 Å². The van der Waals surface area contributed by atoms with E-state index in [1.54, 1.807) is 13.8 Å². The number of carboxylic acids is 1. The number of aromatic carboxylic acids is 1. The Morgan fingerprint density at radius 3 is 2.73 bits per heavy atom. The summed E-state index contributed by atoms with van der Waals surface area (Å²) in [5.74, 6) is -0.908. The molecule has 0 radical (unpaired) electrons. The summed E-state index contributed by atoms with van der Waals surface area (Å²) in [4.78, 5) is 10.7. The molecule has 0 amide bonds. The molecule has 2 N–H and O–H groups in total. The molecule has 0 aromatic carbocycles. The van der Waals surface area contributed by atoms with E-state index < -0.39 is 21.7 Å². The first kappa shape index (κ1) is 16.6. The van der Waals surface area contributed by atoms with Crippen LogP contribution in [-0.2, 0) is 10.0 Å². The molecule has 0 saturated carbocycles. The van der Waals surface area contributed by atoms with E-state index in [1.165, 1.54) is 5.38 Å². The summed E-state index contributed by atoms with van der Waals surface area (Å²) >= 11 is 0.783. The van der Waals surface area contributed by atoms with Crippen LogP contribution in [0.25, 0.3) is 0 Å². The van der Waals surface area contributed by atoms with Crippen molar-refractivity contribution in [1.82, 2.24) is 14.3 Å². The van der Waals surface area contributed by atoms with Crippen molar-refractivity contribution in [1.29, 1.82) is 0 Å². The lowest BCUT2D eigenvalue weighted by Gasteiger charge is -2.12. The Morgan fingerprint density at radius 2 is 2.18 bits per heavy atom. The number of hydrogen-bond acceptors (Lipinski definition) is 7. The number of aromatic nitrogens is 2. The lowest BCUT2D eigenvalue weighted by molar-refractivity contribution is 0.0687. The average Bonchev–Trinajstić information content (AvgIpc) is 3.04. The second kappa shape index (κ2) is 6.15. The highest BCUT2D eigenvalue weighted by molar-refractivity contribution is 7.89. The number of nitrogens with zero attached hydrogens (tertiary/aromatic N) is 2. The molecule has 10 heteroatoms. The standard InChI is InChI=1S/C12H15N3O5S2/c1-6(10-7(2)14-20-8(10)3)4-13-22(18,19)9-5-21-15-11(9)12(16)17/h5-6,13H,4H2,1-3H3,(H,16,17). The third kappa shape index (κ3) is 3.18. The van der Waals surface area contributed by atoms with E-state index in [4.69, 9.17) is 9.63 Å². The minimum atomic E-state index is -3.94. The van der Waals surface area contributed by atoms with Crippen molar-refractivity contribution in [2.45, 2.75) is 31.6 Å². The van der Waals surface area contributed by atoms with Gasteiger partial charge in [0.05, 0.1) is 5.69 Å². The van der Waals surface area contributed by atoms with E-state index >= 15 is 0 Å². The van der Waals surface area contributed by atoms with Crippen molar-refractivity contribution in [3.8, 4) is 0 Å². The number of carboxylic acid groups (broad SMARTS) is 1. The largest absolute Gasteiger partial charge is 0.476 e. The second-order valence-electron chi connectivity index (χ2n) is 4.82. The minimum absolute atomic E-state index is 0.0974. The maximum Gasteiger partial charge on any atom is 0.357 e. The molecule has 1 atom stereocenters. The van der Waals surface area contributed by atoms with Crippen molar-refractivity contribution in [3.05, 3.63) is 28.1 Å². The molecule has 2 aromatic heterocycles. The van der Waals surface area contributed by atoms with Gasteiger partial charge >= 0.3 is 5.97 Å². The third-order valence-corrected chi connectivity index (χ3v) is 5.41. The molecule has 120 valence electrons. The molecule has 0 bridgehead atoms. The van der Waals surface area contributed by atoms with E-state index in [2.05, 4.69) is 14.3 Å². The molecule has 2 rings (SSSR count). The fourth-order valence-electron chi connectivity index (χ4n) is 2.17. The maximum atomic E-state index is 12.2. The van der Waals surface area contributed by atoms with Gasteiger partial charge in [0, 0.05) is 17.5 Å². The zero-order valence-electron chi connectivity index (χ0n) is 12.2. The normalized spacial score (nSPS) is 13.2. The van der Waals surface area contributed by atoms with E-state index in [0.717, 1.165) is 17.1 Å². The summed E-state index contributed by atoms with van der Waals surface area (Å²) < 4.78 is 35.5. The minimum Gasteiger partial charge on any atom is -0.476 e. The Labute approximate surface area is 131 Å². The molecule has 0 aliphatic carbocycles. The molecule has 2 heterocycles. The van der Waals surface area contributed by atoms with Gasteiger partial charge in [0.1, 0.15) is 10.7 Å². The van der Waals surface area contributed by atoms with Crippen LogP contribution in [0.3, 0.4) is 0 Å². The quantitative estimate of drug-likeness (QED) is 0.814. The summed E-state index contributed by atoms with van der Waals surface area (Å²) in [5, 5.41) is 14.0. The number of aryl methyl sites for hydroxylation is 2. The van der Waals surface area contributed by atoms with Gasteiger partial charge in [0.15, 0.2) is 5.69 Å². The van der Waals surface area contributed by atoms with Gasteiger partial charge in [-0.1, -0.05) is 12.1 Å². The summed E-state index contributed by atoms with van der Waals surface area (Å²) in [6.45, 7) is 5.47. The predicted molar refractivity (Wildman–Crippen MR) is 78.7 cm³/mol. The van der Waals surface area contributed by atoms with Gasteiger partial charge in [-0.2, -0.15) is 4.37 Å². The monoisotopic (exact) mass is 345 g/mol. The Morgan fingerprint density at radius 1 is 1.50 bits per heavy atom. The van der Waals surface area contributed by atoms with Crippen LogP contribution in [0.1, 0.15) is 40.3 Å². The number of rotatable bonds is 6. The molecule has 2 aromatic rings. The number of sulfonamides is 1. The fraction of sp³-hybridized carbons (Fsp3) is 0.417. The molecule has 0 fully saturated rings. The first-order valence-corrected chi connectivity index (χ1v) is 8.66. The first-order chi connectivity index (χ1) is 10.2. The lowest BCUT2D eigenvalue weighted by atomic mass is 10.0. The van der Waals surface area contributed by atoms with Crippen LogP contribution in [0.4, 0.5) is 0 Å². The molecule has 0 saturated heterocycles. The van der Waals surface area contributed by atoms with Gasteiger partial charge in [-0.15, -0.1) is 0 Å². The maximum absolute atomic E-state index is 12.2. The molecule has 22 heavy (non-hydrogen) atoms. The average molecular weight is 345 g/mol. The van der Waals surface area contributed by atoms with Gasteiger partial charge < -0.3 is 9.63 Å². The first-order valence-electron chi connectivity index (χ1n) is 6.34. The number of hydrogen-bond donors (Lipinski definition) is 2.